The molecule has 0 aliphatic rings. The molecule has 0 fully saturated rings. The molecular weight excluding hydrogens is 367 g/mol. The number of carbonyl (C=O) groups is 1. The van der Waals surface area contributed by atoms with Crippen molar-refractivity contribution < 1.29 is 9.18 Å². The summed E-state index contributed by atoms with van der Waals surface area (Å²) >= 11 is 0. The molecule has 0 spiro atoms. The summed E-state index contributed by atoms with van der Waals surface area (Å²) in [4.78, 5) is 47.5. The number of halogens is 1. The molecule has 0 saturated carbocycles. The van der Waals surface area contributed by atoms with E-state index in [0.717, 1.165) is 10.6 Å². The highest BCUT2D eigenvalue weighted by atomic mass is 19.1. The molecule has 0 unspecified atom stereocenters. The summed E-state index contributed by atoms with van der Waals surface area (Å²) < 4.78 is 14.8. The standard InChI is InChI=1S/C18H15FN6O3/c1-9-15-13(3-4-21-9)24-18(28)25(17(15)27)8-14(26)23-10(2)16-12(19)5-11(6-20)7-22-16/h3-5,7,10H,8H2,1-2H3,(H,23,26)(H,24,28)/t10-/m0/s1. The Morgan fingerprint density at radius 3 is 2.86 bits per heavy atom. The van der Waals surface area contributed by atoms with Gasteiger partial charge in [0.2, 0.25) is 5.91 Å². The molecule has 0 aromatic carbocycles. The number of amides is 1. The lowest BCUT2D eigenvalue weighted by Crippen LogP contribution is -2.41. The second-order valence-corrected chi connectivity index (χ2v) is 6.13. The van der Waals surface area contributed by atoms with Crippen LogP contribution in [0.3, 0.4) is 0 Å². The molecule has 0 saturated heterocycles. The average Bonchev–Trinajstić information content (AvgIpc) is 2.64. The van der Waals surface area contributed by atoms with Crippen LogP contribution < -0.4 is 16.6 Å². The molecule has 0 aliphatic heterocycles. The van der Waals surface area contributed by atoms with Gasteiger partial charge in [-0.1, -0.05) is 0 Å². The number of hydrogen-bond donors (Lipinski definition) is 2. The maximum Gasteiger partial charge on any atom is 0.329 e. The highest BCUT2D eigenvalue weighted by Gasteiger charge is 2.18. The Hall–Kier alpha value is -3.87. The molecule has 10 heteroatoms. The monoisotopic (exact) mass is 382 g/mol. The Balaban J connectivity index is 1.86. The van der Waals surface area contributed by atoms with E-state index in [1.165, 1.54) is 25.4 Å². The smallest absolute Gasteiger partial charge is 0.329 e. The Kier molecular flexibility index (Phi) is 5.00. The van der Waals surface area contributed by atoms with Crippen LogP contribution in [0.4, 0.5) is 4.39 Å². The third-order valence-electron chi connectivity index (χ3n) is 4.17. The van der Waals surface area contributed by atoms with Gasteiger partial charge in [0.05, 0.1) is 33.9 Å². The van der Waals surface area contributed by atoms with Gasteiger partial charge in [-0.2, -0.15) is 5.26 Å². The summed E-state index contributed by atoms with van der Waals surface area (Å²) in [6.45, 7) is 2.56. The maximum atomic E-state index is 14.0. The van der Waals surface area contributed by atoms with E-state index in [1.807, 2.05) is 0 Å². The van der Waals surface area contributed by atoms with Crippen LogP contribution in [0.5, 0.6) is 0 Å². The number of aromatic amines is 1. The van der Waals surface area contributed by atoms with Crippen molar-refractivity contribution in [3.8, 4) is 6.07 Å². The van der Waals surface area contributed by atoms with Gasteiger partial charge in [-0.3, -0.25) is 24.1 Å². The predicted molar refractivity (Wildman–Crippen MR) is 96.8 cm³/mol. The number of carbonyl (C=O) groups excluding carboxylic acids is 1. The van der Waals surface area contributed by atoms with Gasteiger partial charge in [0, 0.05) is 12.4 Å². The van der Waals surface area contributed by atoms with E-state index >= 15 is 0 Å². The van der Waals surface area contributed by atoms with E-state index in [0.29, 0.717) is 11.2 Å². The molecule has 142 valence electrons. The minimum Gasteiger partial charge on any atom is -0.346 e. The maximum absolute atomic E-state index is 14.0. The van der Waals surface area contributed by atoms with Gasteiger partial charge in [0.1, 0.15) is 18.4 Å². The fraction of sp³-hybridized carbons (Fsp3) is 0.222. The number of nitrogens with one attached hydrogen (secondary N) is 2. The zero-order valence-corrected chi connectivity index (χ0v) is 15.0. The summed E-state index contributed by atoms with van der Waals surface area (Å²) in [5.41, 5.74) is -0.643. The quantitative estimate of drug-likeness (QED) is 0.681. The minimum atomic E-state index is -0.834. The van der Waals surface area contributed by atoms with Crippen molar-refractivity contribution >= 4 is 16.8 Å². The first-order valence-electron chi connectivity index (χ1n) is 8.25. The first-order chi connectivity index (χ1) is 13.3. The Bertz CT molecular complexity index is 1240. The largest absolute Gasteiger partial charge is 0.346 e. The Labute approximate surface area is 157 Å². The van der Waals surface area contributed by atoms with Gasteiger partial charge in [-0.05, 0) is 26.0 Å². The fourth-order valence-corrected chi connectivity index (χ4v) is 2.82. The van der Waals surface area contributed by atoms with Crippen LogP contribution in [0.25, 0.3) is 10.9 Å². The van der Waals surface area contributed by atoms with Crippen LogP contribution in [0.1, 0.15) is 29.9 Å². The molecule has 3 aromatic rings. The first kappa shape index (κ1) is 18.9. The van der Waals surface area contributed by atoms with Crippen molar-refractivity contribution in [3.05, 3.63) is 68.1 Å². The summed E-state index contributed by atoms with van der Waals surface area (Å²) in [6, 6.07) is 3.44. The molecule has 2 N–H and O–H groups in total. The first-order valence-corrected chi connectivity index (χ1v) is 8.25. The molecule has 3 rings (SSSR count). The topological polar surface area (TPSA) is 134 Å². The van der Waals surface area contributed by atoms with Crippen molar-refractivity contribution in [3.63, 3.8) is 0 Å². The van der Waals surface area contributed by atoms with Crippen molar-refractivity contribution in [2.24, 2.45) is 0 Å². The Morgan fingerprint density at radius 2 is 2.18 bits per heavy atom. The van der Waals surface area contributed by atoms with Crippen LogP contribution in [0.15, 0.2) is 34.1 Å². The molecule has 0 aliphatic carbocycles. The summed E-state index contributed by atoms with van der Waals surface area (Å²) in [7, 11) is 0. The SMILES string of the molecule is Cc1nccc2[nH]c(=O)n(CC(=O)N[C@@H](C)c3ncc(C#N)cc3F)c(=O)c12. The molecular formula is C18H15FN6O3. The predicted octanol–water partition coefficient (Wildman–Crippen LogP) is 0.676. The van der Waals surface area contributed by atoms with Crippen molar-refractivity contribution in [2.45, 2.75) is 26.4 Å². The van der Waals surface area contributed by atoms with Crippen LogP contribution in [0.2, 0.25) is 0 Å². The number of fused-ring (bicyclic) bond motifs is 1. The molecule has 9 nitrogen and oxygen atoms in total. The molecule has 0 bridgehead atoms. The lowest BCUT2D eigenvalue weighted by Gasteiger charge is -2.15. The fourth-order valence-electron chi connectivity index (χ4n) is 2.82. The number of aryl methyl sites for hydroxylation is 1. The zero-order chi connectivity index (χ0) is 20.4. The third kappa shape index (κ3) is 3.50. The van der Waals surface area contributed by atoms with Crippen molar-refractivity contribution in [2.75, 3.05) is 0 Å². The average molecular weight is 382 g/mol. The molecule has 3 aromatic heterocycles. The van der Waals surface area contributed by atoms with Crippen LogP contribution in [0, 0.1) is 24.1 Å². The van der Waals surface area contributed by atoms with Crippen LogP contribution in [-0.2, 0) is 11.3 Å². The minimum absolute atomic E-state index is 0.0537. The molecule has 1 atom stereocenters. The second-order valence-electron chi connectivity index (χ2n) is 6.13. The van der Waals surface area contributed by atoms with Gasteiger partial charge in [-0.15, -0.1) is 0 Å². The molecule has 0 radical (unpaired) electrons. The van der Waals surface area contributed by atoms with Crippen molar-refractivity contribution in [1.29, 1.82) is 5.26 Å². The number of aromatic nitrogens is 4. The van der Waals surface area contributed by atoms with Gasteiger partial charge < -0.3 is 10.3 Å². The lowest BCUT2D eigenvalue weighted by molar-refractivity contribution is -0.122. The summed E-state index contributed by atoms with van der Waals surface area (Å²) in [6.07, 6.45) is 2.65. The highest BCUT2D eigenvalue weighted by Crippen LogP contribution is 2.15. The summed E-state index contributed by atoms with van der Waals surface area (Å²) in [5.74, 6) is -1.42. The third-order valence-corrected chi connectivity index (χ3v) is 4.17. The van der Waals surface area contributed by atoms with E-state index < -0.39 is 35.6 Å². The van der Waals surface area contributed by atoms with E-state index in [1.54, 1.807) is 13.0 Å². The normalized spacial score (nSPS) is 11.8. The van der Waals surface area contributed by atoms with Crippen LogP contribution in [-0.4, -0.2) is 25.4 Å². The molecule has 1 amide bonds. The van der Waals surface area contributed by atoms with Gasteiger partial charge in [0.15, 0.2) is 0 Å². The van der Waals surface area contributed by atoms with Crippen molar-refractivity contribution in [1.82, 2.24) is 24.8 Å². The van der Waals surface area contributed by atoms with Gasteiger partial charge >= 0.3 is 5.69 Å². The lowest BCUT2D eigenvalue weighted by atomic mass is 10.1. The van der Waals surface area contributed by atoms with E-state index in [2.05, 4.69) is 20.3 Å². The Morgan fingerprint density at radius 1 is 1.43 bits per heavy atom. The molecule has 3 heterocycles. The number of nitrogens with zero attached hydrogens (tertiary/aromatic N) is 4. The summed E-state index contributed by atoms with van der Waals surface area (Å²) in [5, 5.41) is 11.5. The number of H-pyrrole nitrogens is 1. The number of hydrogen-bond acceptors (Lipinski definition) is 6. The molecule has 28 heavy (non-hydrogen) atoms. The van der Waals surface area contributed by atoms with E-state index in [4.69, 9.17) is 5.26 Å². The van der Waals surface area contributed by atoms with Gasteiger partial charge in [0.25, 0.3) is 5.56 Å². The number of nitriles is 1. The second kappa shape index (κ2) is 7.40. The van der Waals surface area contributed by atoms with E-state index in [-0.39, 0.29) is 16.6 Å². The number of pyridine rings is 2. The van der Waals surface area contributed by atoms with Crippen LogP contribution >= 0.6 is 0 Å². The van der Waals surface area contributed by atoms with Gasteiger partial charge in [-0.25, -0.2) is 9.18 Å². The zero-order valence-electron chi connectivity index (χ0n) is 15.0. The number of rotatable bonds is 4. The van der Waals surface area contributed by atoms with E-state index in [9.17, 15) is 18.8 Å². The highest BCUT2D eigenvalue weighted by molar-refractivity contribution is 5.80.